The summed E-state index contributed by atoms with van der Waals surface area (Å²) in [6.07, 6.45) is 17.3. The van der Waals surface area contributed by atoms with Gasteiger partial charge in [0.25, 0.3) is 0 Å². The van der Waals surface area contributed by atoms with Gasteiger partial charge in [0.2, 0.25) is 0 Å². The van der Waals surface area contributed by atoms with E-state index in [2.05, 4.69) is 25.7 Å². The number of aliphatic hydroxyl groups is 2. The molecule has 0 bridgehead atoms. The molecule has 0 spiro atoms. The maximum atomic E-state index is 10.1. The van der Waals surface area contributed by atoms with Crippen LogP contribution in [0.4, 0.5) is 0 Å². The lowest BCUT2D eigenvalue weighted by atomic mass is 9.71. The average molecular weight is 387 g/mol. The third-order valence-electron chi connectivity index (χ3n) is 7.77. The molecule has 0 amide bonds. The zero-order valence-electron chi connectivity index (χ0n) is 18.4. The lowest BCUT2D eigenvalue weighted by molar-refractivity contribution is 0.0652. The summed E-state index contributed by atoms with van der Waals surface area (Å²) in [6, 6.07) is 0. The molecule has 3 aliphatic rings. The van der Waals surface area contributed by atoms with Gasteiger partial charge in [0.15, 0.2) is 0 Å². The Kier molecular flexibility index (Phi) is 7.26. The van der Waals surface area contributed by atoms with Crippen LogP contribution in [0.3, 0.4) is 0 Å². The third kappa shape index (κ3) is 5.39. The summed E-state index contributed by atoms with van der Waals surface area (Å²) < 4.78 is 0. The maximum Gasteiger partial charge on any atom is 0.0787 e. The summed E-state index contributed by atoms with van der Waals surface area (Å²) in [5.74, 6) is 3.25. The number of fused-ring (bicyclic) bond motifs is 1. The minimum Gasteiger partial charge on any atom is -0.390 e. The molecule has 3 rings (SSSR count). The van der Waals surface area contributed by atoms with Crippen LogP contribution in [0.1, 0.15) is 91.4 Å². The lowest BCUT2D eigenvalue weighted by Gasteiger charge is -2.34. The average Bonchev–Trinajstić information content (AvgIpc) is 3.06. The first kappa shape index (κ1) is 21.8. The van der Waals surface area contributed by atoms with Gasteiger partial charge in [0.05, 0.1) is 11.7 Å². The standard InChI is InChI=1S/C26H42O2/c1-18(8-7-17-26(3,4)28)22-15-16-23-21(10-5-11-24(22)23)14-13-20-9-6-12-25(27)19(20)2/h13-14,18,22-25,27-28H,2,5-12,15-17H2,1,3-4H3/b20-13-,21-14+. The second-order valence-electron chi connectivity index (χ2n) is 10.5. The molecule has 158 valence electrons. The van der Waals surface area contributed by atoms with E-state index in [0.717, 1.165) is 61.3 Å². The Morgan fingerprint density at radius 3 is 2.61 bits per heavy atom. The van der Waals surface area contributed by atoms with Crippen LogP contribution in [0.2, 0.25) is 0 Å². The van der Waals surface area contributed by atoms with Crippen molar-refractivity contribution in [1.29, 1.82) is 0 Å². The lowest BCUT2D eigenvalue weighted by Crippen LogP contribution is -2.25. The van der Waals surface area contributed by atoms with E-state index < -0.39 is 5.60 Å². The van der Waals surface area contributed by atoms with Gasteiger partial charge >= 0.3 is 0 Å². The molecule has 2 nitrogen and oxygen atoms in total. The van der Waals surface area contributed by atoms with Crippen molar-refractivity contribution < 1.29 is 10.2 Å². The van der Waals surface area contributed by atoms with E-state index in [1.54, 1.807) is 5.57 Å². The van der Waals surface area contributed by atoms with Crippen LogP contribution in [-0.2, 0) is 0 Å². The summed E-state index contributed by atoms with van der Waals surface area (Å²) in [7, 11) is 0. The first-order chi connectivity index (χ1) is 13.3. The van der Waals surface area contributed by atoms with Crippen molar-refractivity contribution in [2.24, 2.45) is 23.7 Å². The molecule has 3 aliphatic carbocycles. The highest BCUT2D eigenvalue weighted by Gasteiger charge is 2.41. The van der Waals surface area contributed by atoms with Crippen LogP contribution >= 0.6 is 0 Å². The van der Waals surface area contributed by atoms with Crippen LogP contribution < -0.4 is 0 Å². The van der Waals surface area contributed by atoms with Crippen LogP contribution in [0.5, 0.6) is 0 Å². The van der Waals surface area contributed by atoms with E-state index >= 15 is 0 Å². The van der Waals surface area contributed by atoms with Gasteiger partial charge in [-0.05, 0) is 106 Å². The van der Waals surface area contributed by atoms with Crippen LogP contribution in [0.25, 0.3) is 0 Å². The normalized spacial score (nSPS) is 35.4. The Bertz CT molecular complexity index is 606. The summed E-state index contributed by atoms with van der Waals surface area (Å²) in [6.45, 7) is 10.4. The molecule has 2 N–H and O–H groups in total. The van der Waals surface area contributed by atoms with Crippen molar-refractivity contribution in [3.63, 3.8) is 0 Å². The van der Waals surface area contributed by atoms with Crippen molar-refractivity contribution in [2.45, 2.75) is 103 Å². The number of hydrogen-bond acceptors (Lipinski definition) is 2. The molecule has 0 saturated heterocycles. The van der Waals surface area contributed by atoms with E-state index in [1.807, 2.05) is 13.8 Å². The molecule has 5 atom stereocenters. The number of allylic oxidation sites excluding steroid dienone is 3. The highest BCUT2D eigenvalue weighted by molar-refractivity contribution is 5.37. The van der Waals surface area contributed by atoms with Crippen molar-refractivity contribution >= 4 is 0 Å². The van der Waals surface area contributed by atoms with Crippen molar-refractivity contribution in [3.8, 4) is 0 Å². The number of aliphatic hydroxyl groups excluding tert-OH is 1. The van der Waals surface area contributed by atoms with Gasteiger partial charge in [-0.2, -0.15) is 0 Å². The van der Waals surface area contributed by atoms with Crippen molar-refractivity contribution in [3.05, 3.63) is 35.5 Å². The second kappa shape index (κ2) is 9.30. The molecule has 3 saturated carbocycles. The van der Waals surface area contributed by atoms with Crippen LogP contribution in [0.15, 0.2) is 35.5 Å². The summed E-state index contributed by atoms with van der Waals surface area (Å²) >= 11 is 0. The van der Waals surface area contributed by atoms with Crippen molar-refractivity contribution in [1.82, 2.24) is 0 Å². The van der Waals surface area contributed by atoms with E-state index in [4.69, 9.17) is 0 Å². The van der Waals surface area contributed by atoms with Gasteiger partial charge in [0.1, 0.15) is 0 Å². The molecule has 0 aliphatic heterocycles. The minimum atomic E-state index is -0.525. The highest BCUT2D eigenvalue weighted by Crippen LogP contribution is 2.51. The Hall–Kier alpha value is -0.860. The molecule has 0 aromatic heterocycles. The Morgan fingerprint density at radius 1 is 1.11 bits per heavy atom. The topological polar surface area (TPSA) is 40.5 Å². The predicted molar refractivity (Wildman–Crippen MR) is 118 cm³/mol. The minimum absolute atomic E-state index is 0.335. The fraction of sp³-hybridized carbons (Fsp3) is 0.769. The van der Waals surface area contributed by atoms with Gasteiger partial charge in [-0.1, -0.05) is 44.1 Å². The molecular weight excluding hydrogens is 344 g/mol. The zero-order valence-corrected chi connectivity index (χ0v) is 18.4. The van der Waals surface area contributed by atoms with Crippen molar-refractivity contribution in [2.75, 3.05) is 0 Å². The third-order valence-corrected chi connectivity index (χ3v) is 7.77. The molecule has 0 aromatic rings. The maximum absolute atomic E-state index is 10.1. The van der Waals surface area contributed by atoms with E-state index in [0.29, 0.717) is 0 Å². The van der Waals surface area contributed by atoms with E-state index in [9.17, 15) is 10.2 Å². The van der Waals surface area contributed by atoms with Crippen LogP contribution in [0, 0.1) is 23.7 Å². The smallest absolute Gasteiger partial charge is 0.0787 e. The Balaban J connectivity index is 1.61. The predicted octanol–water partition coefficient (Wildman–Crippen LogP) is 6.34. The quantitative estimate of drug-likeness (QED) is 0.559. The number of hydrogen-bond donors (Lipinski definition) is 2. The SMILES string of the molecule is C=C1/C(=C\C=C2/CCCC3C2CCC3C(C)CCCC(C)(C)O)CCCC1O. The summed E-state index contributed by atoms with van der Waals surface area (Å²) in [5, 5.41) is 20.1. The van der Waals surface area contributed by atoms with E-state index in [-0.39, 0.29) is 6.10 Å². The molecule has 3 fully saturated rings. The Labute approximate surface area is 172 Å². The second-order valence-corrected chi connectivity index (χ2v) is 10.5. The first-order valence-corrected chi connectivity index (χ1v) is 11.8. The molecule has 0 heterocycles. The molecule has 28 heavy (non-hydrogen) atoms. The molecule has 0 aromatic carbocycles. The number of rotatable bonds is 6. The molecule has 5 unspecified atom stereocenters. The van der Waals surface area contributed by atoms with Gasteiger partial charge < -0.3 is 10.2 Å². The molecule has 0 radical (unpaired) electrons. The first-order valence-electron chi connectivity index (χ1n) is 11.8. The Morgan fingerprint density at radius 2 is 1.86 bits per heavy atom. The largest absolute Gasteiger partial charge is 0.390 e. The summed E-state index contributed by atoms with van der Waals surface area (Å²) in [4.78, 5) is 0. The molecular formula is C26H42O2. The van der Waals surface area contributed by atoms with Gasteiger partial charge in [0, 0.05) is 0 Å². The van der Waals surface area contributed by atoms with Gasteiger partial charge in [-0.3, -0.25) is 0 Å². The van der Waals surface area contributed by atoms with E-state index in [1.165, 1.54) is 44.1 Å². The van der Waals surface area contributed by atoms with Crippen LogP contribution in [-0.4, -0.2) is 21.9 Å². The summed E-state index contributed by atoms with van der Waals surface area (Å²) in [5.41, 5.74) is 3.34. The monoisotopic (exact) mass is 386 g/mol. The zero-order chi connectivity index (χ0) is 20.3. The van der Waals surface area contributed by atoms with Gasteiger partial charge in [-0.15, -0.1) is 0 Å². The highest BCUT2D eigenvalue weighted by atomic mass is 16.3. The fourth-order valence-corrected chi connectivity index (χ4v) is 6.12. The van der Waals surface area contributed by atoms with Gasteiger partial charge in [-0.25, -0.2) is 0 Å². The fourth-order valence-electron chi connectivity index (χ4n) is 6.12. The molecule has 2 heteroatoms.